The summed E-state index contributed by atoms with van der Waals surface area (Å²) in [6.45, 7) is 2.01. The molecule has 0 aliphatic heterocycles. The Morgan fingerprint density at radius 1 is 1.36 bits per heavy atom. The molecule has 3 N–H and O–H groups in total. The van der Waals surface area contributed by atoms with Crippen molar-refractivity contribution in [3.8, 4) is 5.69 Å². The number of nitrogens with zero attached hydrogens (tertiary/aromatic N) is 3. The Morgan fingerprint density at radius 3 is 2.86 bits per heavy atom. The van der Waals surface area contributed by atoms with Crippen LogP contribution >= 0.6 is 0 Å². The first-order valence-electron chi connectivity index (χ1n) is 6.82. The molecule has 0 fully saturated rings. The summed E-state index contributed by atoms with van der Waals surface area (Å²) in [5.74, 6) is 0.320. The van der Waals surface area contributed by atoms with Crippen molar-refractivity contribution in [2.45, 2.75) is 6.92 Å². The molecule has 22 heavy (non-hydrogen) atoms. The van der Waals surface area contributed by atoms with Crippen LogP contribution in [-0.4, -0.2) is 27.2 Å². The Kier molecular flexibility index (Phi) is 3.61. The van der Waals surface area contributed by atoms with Gasteiger partial charge in [-0.3, -0.25) is 9.88 Å². The maximum Gasteiger partial charge on any atom is 0.412 e. The molecule has 112 valence electrons. The van der Waals surface area contributed by atoms with Gasteiger partial charge in [-0.05, 0) is 19.1 Å². The number of anilines is 2. The van der Waals surface area contributed by atoms with Crippen molar-refractivity contribution in [2.24, 2.45) is 0 Å². The zero-order valence-electron chi connectivity index (χ0n) is 12.0. The number of hydrogen-bond donors (Lipinski definition) is 2. The zero-order valence-corrected chi connectivity index (χ0v) is 12.0. The number of benzene rings is 1. The van der Waals surface area contributed by atoms with Crippen LogP contribution in [0.15, 0.2) is 42.7 Å². The van der Waals surface area contributed by atoms with Gasteiger partial charge >= 0.3 is 6.09 Å². The van der Waals surface area contributed by atoms with E-state index in [0.717, 1.165) is 5.69 Å². The Bertz CT molecular complexity index is 813. The van der Waals surface area contributed by atoms with Gasteiger partial charge in [0.1, 0.15) is 17.7 Å². The van der Waals surface area contributed by atoms with E-state index in [2.05, 4.69) is 15.3 Å². The van der Waals surface area contributed by atoms with E-state index in [1.807, 2.05) is 34.9 Å². The van der Waals surface area contributed by atoms with E-state index >= 15 is 0 Å². The van der Waals surface area contributed by atoms with E-state index < -0.39 is 6.09 Å². The van der Waals surface area contributed by atoms with Gasteiger partial charge in [0.15, 0.2) is 5.65 Å². The Hall–Kier alpha value is -3.09. The lowest BCUT2D eigenvalue weighted by Crippen LogP contribution is -2.14. The van der Waals surface area contributed by atoms with Gasteiger partial charge in [0, 0.05) is 11.8 Å². The largest absolute Gasteiger partial charge is 0.450 e. The molecule has 0 bridgehead atoms. The third-order valence-corrected chi connectivity index (χ3v) is 3.07. The Morgan fingerprint density at radius 2 is 2.14 bits per heavy atom. The van der Waals surface area contributed by atoms with Gasteiger partial charge in [-0.2, -0.15) is 0 Å². The first-order chi connectivity index (χ1) is 10.7. The lowest BCUT2D eigenvalue weighted by atomic mass is 10.3. The highest BCUT2D eigenvalue weighted by Crippen LogP contribution is 2.24. The van der Waals surface area contributed by atoms with Crippen molar-refractivity contribution < 1.29 is 9.53 Å². The molecular formula is C15H15N5O2. The van der Waals surface area contributed by atoms with E-state index in [-0.39, 0.29) is 6.61 Å². The zero-order chi connectivity index (χ0) is 15.5. The summed E-state index contributed by atoms with van der Waals surface area (Å²) in [7, 11) is 0. The van der Waals surface area contributed by atoms with Gasteiger partial charge in [-0.25, -0.2) is 14.8 Å². The summed E-state index contributed by atoms with van der Waals surface area (Å²) >= 11 is 0. The SMILES string of the molecule is CCOC(=O)Nc1cc(N)c2ncn(-c3ccccc3)c2n1. The number of para-hydroxylation sites is 1. The van der Waals surface area contributed by atoms with E-state index in [0.29, 0.717) is 22.7 Å². The number of carbonyl (C=O) groups excluding carboxylic acids is 1. The fourth-order valence-corrected chi connectivity index (χ4v) is 2.13. The van der Waals surface area contributed by atoms with Crippen molar-refractivity contribution in [2.75, 3.05) is 17.7 Å². The molecular weight excluding hydrogens is 282 g/mol. The van der Waals surface area contributed by atoms with Gasteiger partial charge in [-0.1, -0.05) is 18.2 Å². The van der Waals surface area contributed by atoms with Crippen molar-refractivity contribution >= 4 is 28.8 Å². The van der Waals surface area contributed by atoms with Crippen molar-refractivity contribution in [1.82, 2.24) is 14.5 Å². The fourth-order valence-electron chi connectivity index (χ4n) is 2.13. The molecule has 0 aliphatic rings. The molecule has 0 saturated carbocycles. The molecule has 1 aromatic carbocycles. The second kappa shape index (κ2) is 5.72. The summed E-state index contributed by atoms with van der Waals surface area (Å²) in [4.78, 5) is 20.2. The highest BCUT2D eigenvalue weighted by molar-refractivity contribution is 5.91. The van der Waals surface area contributed by atoms with Crippen molar-refractivity contribution in [3.63, 3.8) is 0 Å². The van der Waals surface area contributed by atoms with Crippen LogP contribution in [-0.2, 0) is 4.74 Å². The van der Waals surface area contributed by atoms with E-state index in [1.54, 1.807) is 19.3 Å². The van der Waals surface area contributed by atoms with Crippen LogP contribution in [0.5, 0.6) is 0 Å². The minimum absolute atomic E-state index is 0.283. The quantitative estimate of drug-likeness (QED) is 0.774. The third kappa shape index (κ3) is 2.56. The number of nitrogen functional groups attached to an aromatic ring is 1. The van der Waals surface area contributed by atoms with E-state index in [9.17, 15) is 4.79 Å². The summed E-state index contributed by atoms with van der Waals surface area (Å²) in [6, 6.07) is 11.2. The lowest BCUT2D eigenvalue weighted by Gasteiger charge is -2.07. The standard InChI is InChI=1S/C15H15N5O2/c1-2-22-15(21)19-12-8-11(16)13-14(18-12)20(9-17-13)10-6-4-3-5-7-10/h3-9H,2H2,1H3,(H3,16,18,19,21). The molecule has 3 rings (SSSR count). The lowest BCUT2D eigenvalue weighted by molar-refractivity contribution is 0.168. The molecule has 2 heterocycles. The van der Waals surface area contributed by atoms with Crippen molar-refractivity contribution in [1.29, 1.82) is 0 Å². The van der Waals surface area contributed by atoms with Gasteiger partial charge in [0.25, 0.3) is 0 Å². The van der Waals surface area contributed by atoms with E-state index in [1.165, 1.54) is 0 Å². The number of pyridine rings is 1. The predicted molar refractivity (Wildman–Crippen MR) is 83.9 cm³/mol. The highest BCUT2D eigenvalue weighted by Gasteiger charge is 2.12. The molecule has 7 nitrogen and oxygen atoms in total. The average Bonchev–Trinajstić information content (AvgIpc) is 2.92. The number of rotatable bonds is 3. The summed E-state index contributed by atoms with van der Waals surface area (Å²) < 4.78 is 6.65. The smallest absolute Gasteiger partial charge is 0.412 e. The number of imidazole rings is 1. The van der Waals surface area contributed by atoms with Crippen LogP contribution in [0.25, 0.3) is 16.9 Å². The van der Waals surface area contributed by atoms with Crippen LogP contribution in [0.2, 0.25) is 0 Å². The Balaban J connectivity index is 2.06. The molecule has 0 radical (unpaired) electrons. The summed E-state index contributed by atoms with van der Waals surface area (Å²) in [6.07, 6.45) is 1.08. The maximum absolute atomic E-state index is 11.5. The average molecular weight is 297 g/mol. The predicted octanol–water partition coefficient (Wildman–Crippen LogP) is 2.57. The van der Waals surface area contributed by atoms with Crippen LogP contribution in [0.4, 0.5) is 16.3 Å². The monoisotopic (exact) mass is 297 g/mol. The first-order valence-corrected chi connectivity index (χ1v) is 6.82. The van der Waals surface area contributed by atoms with Gasteiger partial charge in [-0.15, -0.1) is 0 Å². The number of hydrogen-bond acceptors (Lipinski definition) is 5. The number of ether oxygens (including phenoxy) is 1. The Labute approximate surface area is 126 Å². The molecule has 0 atom stereocenters. The summed E-state index contributed by atoms with van der Waals surface area (Å²) in [5.41, 5.74) is 8.48. The van der Waals surface area contributed by atoms with Crippen LogP contribution in [0.1, 0.15) is 6.92 Å². The number of nitrogens with one attached hydrogen (secondary N) is 1. The fraction of sp³-hybridized carbons (Fsp3) is 0.133. The number of carbonyl (C=O) groups is 1. The second-order valence-corrected chi connectivity index (χ2v) is 4.56. The normalized spacial score (nSPS) is 10.6. The van der Waals surface area contributed by atoms with Gasteiger partial charge in [0.05, 0.1) is 12.3 Å². The molecule has 0 saturated heterocycles. The van der Waals surface area contributed by atoms with Crippen LogP contribution < -0.4 is 11.1 Å². The third-order valence-electron chi connectivity index (χ3n) is 3.07. The minimum Gasteiger partial charge on any atom is -0.450 e. The number of aromatic nitrogens is 3. The minimum atomic E-state index is -0.570. The van der Waals surface area contributed by atoms with Gasteiger partial charge in [0.2, 0.25) is 0 Å². The summed E-state index contributed by atoms with van der Waals surface area (Å²) in [5, 5.41) is 2.55. The molecule has 2 aromatic heterocycles. The number of nitrogens with two attached hydrogens (primary N) is 1. The first kappa shape index (κ1) is 13.9. The topological polar surface area (TPSA) is 95.1 Å². The molecule has 1 amide bonds. The van der Waals surface area contributed by atoms with E-state index in [4.69, 9.17) is 10.5 Å². The van der Waals surface area contributed by atoms with Crippen molar-refractivity contribution in [3.05, 3.63) is 42.7 Å². The molecule has 0 unspecified atom stereocenters. The highest BCUT2D eigenvalue weighted by atomic mass is 16.5. The van der Waals surface area contributed by atoms with Crippen LogP contribution in [0, 0.1) is 0 Å². The maximum atomic E-state index is 11.5. The molecule has 0 aliphatic carbocycles. The second-order valence-electron chi connectivity index (χ2n) is 4.56. The number of amides is 1. The van der Waals surface area contributed by atoms with Crippen LogP contribution in [0.3, 0.4) is 0 Å². The molecule has 0 spiro atoms. The molecule has 7 heteroatoms. The number of fused-ring (bicyclic) bond motifs is 1. The molecule has 3 aromatic rings. The van der Waals surface area contributed by atoms with Gasteiger partial charge < -0.3 is 10.5 Å².